The Balaban J connectivity index is 1.85. The van der Waals surface area contributed by atoms with E-state index in [0.29, 0.717) is 17.4 Å². The molecule has 4 nitrogen and oxygen atoms in total. The second-order valence-corrected chi connectivity index (χ2v) is 6.76. The van der Waals surface area contributed by atoms with Gasteiger partial charge in [-0.3, -0.25) is 4.79 Å². The highest BCUT2D eigenvalue weighted by Crippen LogP contribution is 2.26. The van der Waals surface area contributed by atoms with Gasteiger partial charge in [-0.1, -0.05) is 0 Å². The normalized spacial score (nSPS) is 18.8. The Hall–Kier alpha value is -1.14. The highest BCUT2D eigenvalue weighted by Gasteiger charge is 2.17. The molecule has 0 aliphatic carbocycles. The van der Waals surface area contributed by atoms with E-state index < -0.39 is 5.97 Å². The van der Waals surface area contributed by atoms with Gasteiger partial charge in [-0.05, 0) is 24.3 Å². The third kappa shape index (κ3) is 4.47. The van der Waals surface area contributed by atoms with Gasteiger partial charge in [0, 0.05) is 34.6 Å². The van der Waals surface area contributed by atoms with Gasteiger partial charge in [0.05, 0.1) is 5.56 Å². The van der Waals surface area contributed by atoms with Gasteiger partial charge in [-0.2, -0.15) is 23.5 Å². The number of carbonyl (C=O) groups is 2. The van der Waals surface area contributed by atoms with Gasteiger partial charge in [-0.25, -0.2) is 4.79 Å². The number of hydrogen-bond donors (Lipinski definition) is 2. The minimum absolute atomic E-state index is 0.0110. The second kappa shape index (κ2) is 6.86. The molecule has 1 aliphatic heterocycles. The van der Waals surface area contributed by atoms with Crippen LogP contribution in [-0.4, -0.2) is 39.5 Å². The van der Waals surface area contributed by atoms with Gasteiger partial charge in [0.1, 0.15) is 0 Å². The highest BCUT2D eigenvalue weighted by atomic mass is 32.2. The molecule has 0 spiro atoms. The monoisotopic (exact) mass is 297 g/mol. The summed E-state index contributed by atoms with van der Waals surface area (Å²) in [4.78, 5) is 22.6. The van der Waals surface area contributed by atoms with Gasteiger partial charge in [0.15, 0.2) is 0 Å². The Labute approximate surface area is 120 Å². The van der Waals surface area contributed by atoms with Crippen LogP contribution < -0.4 is 5.32 Å². The Morgan fingerprint density at radius 2 is 2.00 bits per heavy atom. The quantitative estimate of drug-likeness (QED) is 0.894. The lowest BCUT2D eigenvalue weighted by atomic mass is 10.2. The van der Waals surface area contributed by atoms with Crippen molar-refractivity contribution in [1.82, 2.24) is 0 Å². The van der Waals surface area contributed by atoms with Crippen molar-refractivity contribution < 1.29 is 14.7 Å². The van der Waals surface area contributed by atoms with E-state index in [9.17, 15) is 9.59 Å². The van der Waals surface area contributed by atoms with Crippen LogP contribution in [0.1, 0.15) is 16.8 Å². The van der Waals surface area contributed by atoms with E-state index >= 15 is 0 Å². The summed E-state index contributed by atoms with van der Waals surface area (Å²) in [6, 6.07) is 6.21. The summed E-state index contributed by atoms with van der Waals surface area (Å²) in [5.41, 5.74) is 0.862. The summed E-state index contributed by atoms with van der Waals surface area (Å²) < 4.78 is 0. The number of rotatable bonds is 4. The number of nitrogens with one attached hydrogen (secondary N) is 1. The van der Waals surface area contributed by atoms with Crippen molar-refractivity contribution in [3.05, 3.63) is 29.8 Å². The maximum atomic E-state index is 11.8. The van der Waals surface area contributed by atoms with E-state index in [2.05, 4.69) is 5.32 Å². The van der Waals surface area contributed by atoms with Crippen molar-refractivity contribution in [2.75, 3.05) is 22.6 Å². The number of carbonyl (C=O) groups excluding carboxylic acids is 1. The van der Waals surface area contributed by atoms with Gasteiger partial charge < -0.3 is 10.4 Å². The fourth-order valence-corrected chi connectivity index (χ4v) is 4.45. The maximum absolute atomic E-state index is 11.8. The zero-order chi connectivity index (χ0) is 13.7. The van der Waals surface area contributed by atoms with E-state index in [1.165, 1.54) is 17.9 Å². The number of hydrogen-bond acceptors (Lipinski definition) is 4. The molecular weight excluding hydrogens is 282 g/mol. The molecule has 0 bridgehead atoms. The summed E-state index contributed by atoms with van der Waals surface area (Å²) in [6.07, 6.45) is 0.512. The molecule has 1 aliphatic rings. The molecular formula is C13H15NO3S2. The third-order valence-electron chi connectivity index (χ3n) is 2.71. The number of anilines is 1. The summed E-state index contributed by atoms with van der Waals surface area (Å²) >= 11 is 3.74. The van der Waals surface area contributed by atoms with E-state index in [0.717, 1.165) is 11.5 Å². The zero-order valence-electron chi connectivity index (χ0n) is 10.3. The molecule has 0 radical (unpaired) electrons. The zero-order valence-corrected chi connectivity index (χ0v) is 11.9. The number of aromatic carboxylic acids is 1. The van der Waals surface area contributed by atoms with Crippen LogP contribution in [0.25, 0.3) is 0 Å². The number of thioether (sulfide) groups is 2. The largest absolute Gasteiger partial charge is 0.478 e. The first-order valence-electron chi connectivity index (χ1n) is 5.97. The first kappa shape index (κ1) is 14.3. The minimum Gasteiger partial charge on any atom is -0.478 e. The molecule has 1 unspecified atom stereocenters. The average Bonchev–Trinajstić information content (AvgIpc) is 2.40. The van der Waals surface area contributed by atoms with Gasteiger partial charge in [0.2, 0.25) is 5.91 Å². The van der Waals surface area contributed by atoms with Crippen molar-refractivity contribution in [2.24, 2.45) is 0 Å². The molecule has 0 saturated carbocycles. The maximum Gasteiger partial charge on any atom is 0.335 e. The van der Waals surface area contributed by atoms with Crippen LogP contribution in [0.15, 0.2) is 24.3 Å². The van der Waals surface area contributed by atoms with E-state index in [1.54, 1.807) is 12.1 Å². The lowest BCUT2D eigenvalue weighted by Gasteiger charge is -2.20. The van der Waals surface area contributed by atoms with Crippen LogP contribution in [-0.2, 0) is 4.79 Å². The Bertz CT molecular complexity index is 455. The molecule has 6 heteroatoms. The first-order chi connectivity index (χ1) is 9.15. The fraction of sp³-hybridized carbons (Fsp3) is 0.385. The van der Waals surface area contributed by atoms with Crippen LogP contribution in [0.2, 0.25) is 0 Å². The van der Waals surface area contributed by atoms with Crippen LogP contribution in [0, 0.1) is 0 Å². The van der Waals surface area contributed by atoms with Crippen molar-refractivity contribution >= 4 is 41.1 Å². The number of amides is 1. The van der Waals surface area contributed by atoms with E-state index in [4.69, 9.17) is 5.11 Å². The lowest BCUT2D eigenvalue weighted by Crippen LogP contribution is -2.22. The molecule has 2 N–H and O–H groups in total. The topological polar surface area (TPSA) is 66.4 Å². The molecule has 1 aromatic rings. The molecule has 2 rings (SSSR count). The molecule has 0 aromatic heterocycles. The van der Waals surface area contributed by atoms with Crippen molar-refractivity contribution in [1.29, 1.82) is 0 Å². The minimum atomic E-state index is -0.964. The third-order valence-corrected chi connectivity index (χ3v) is 5.56. The summed E-state index contributed by atoms with van der Waals surface area (Å²) in [5, 5.41) is 12.0. The Kier molecular flexibility index (Phi) is 5.15. The van der Waals surface area contributed by atoms with E-state index in [1.807, 2.05) is 23.5 Å². The SMILES string of the molecule is O=C(CC1CSCCS1)Nc1ccc(C(=O)O)cc1. The van der Waals surface area contributed by atoms with Crippen molar-refractivity contribution in [3.63, 3.8) is 0 Å². The molecule has 1 fully saturated rings. The predicted molar refractivity (Wildman–Crippen MR) is 80.2 cm³/mol. The number of benzene rings is 1. The first-order valence-corrected chi connectivity index (χ1v) is 8.18. The lowest BCUT2D eigenvalue weighted by molar-refractivity contribution is -0.116. The van der Waals surface area contributed by atoms with Crippen LogP contribution in [0.5, 0.6) is 0 Å². The standard InChI is InChI=1S/C13H15NO3S2/c15-12(7-11-8-18-5-6-19-11)14-10-3-1-9(2-4-10)13(16)17/h1-4,11H,5-8H2,(H,14,15)(H,16,17). The van der Waals surface area contributed by atoms with Gasteiger partial charge in [0.25, 0.3) is 0 Å². The fourth-order valence-electron chi connectivity index (χ4n) is 1.77. The van der Waals surface area contributed by atoms with Crippen molar-refractivity contribution in [2.45, 2.75) is 11.7 Å². The molecule has 1 saturated heterocycles. The molecule has 102 valence electrons. The van der Waals surface area contributed by atoms with E-state index in [-0.39, 0.29) is 11.5 Å². The number of carboxylic acid groups (broad SMARTS) is 1. The summed E-state index contributed by atoms with van der Waals surface area (Å²) in [7, 11) is 0. The summed E-state index contributed by atoms with van der Waals surface area (Å²) in [6.45, 7) is 0. The van der Waals surface area contributed by atoms with Gasteiger partial charge >= 0.3 is 5.97 Å². The highest BCUT2D eigenvalue weighted by molar-refractivity contribution is 8.06. The molecule has 1 aromatic carbocycles. The summed E-state index contributed by atoms with van der Waals surface area (Å²) in [5.74, 6) is 2.32. The number of carboxylic acids is 1. The predicted octanol–water partition coefficient (Wildman–Crippen LogP) is 2.56. The molecule has 1 amide bonds. The molecule has 1 heterocycles. The molecule has 19 heavy (non-hydrogen) atoms. The average molecular weight is 297 g/mol. The van der Waals surface area contributed by atoms with Crippen LogP contribution >= 0.6 is 23.5 Å². The van der Waals surface area contributed by atoms with Crippen LogP contribution in [0.4, 0.5) is 5.69 Å². The van der Waals surface area contributed by atoms with Gasteiger partial charge in [-0.15, -0.1) is 0 Å². The molecule has 1 atom stereocenters. The second-order valence-electron chi connectivity index (χ2n) is 4.20. The van der Waals surface area contributed by atoms with Crippen LogP contribution in [0.3, 0.4) is 0 Å². The van der Waals surface area contributed by atoms with Crippen molar-refractivity contribution in [3.8, 4) is 0 Å². The Morgan fingerprint density at radius 3 is 2.58 bits per heavy atom. The smallest absolute Gasteiger partial charge is 0.335 e. The Morgan fingerprint density at radius 1 is 1.26 bits per heavy atom.